The van der Waals surface area contributed by atoms with Crippen molar-refractivity contribution >= 4 is 12.2 Å². The normalized spacial score (nSPS) is 11.3. The number of methoxy groups -OCH3 is 1. The second kappa shape index (κ2) is 6.99. The molecule has 0 unspecified atom stereocenters. The van der Waals surface area contributed by atoms with E-state index < -0.39 is 40.3 Å². The van der Waals surface area contributed by atoms with E-state index in [4.69, 9.17) is 4.74 Å². The van der Waals surface area contributed by atoms with Crippen molar-refractivity contribution in [2.75, 3.05) is 7.11 Å². The molecule has 0 aliphatic carbocycles. The Morgan fingerprint density at radius 1 is 0.846 bits per heavy atom. The van der Waals surface area contributed by atoms with Crippen molar-refractivity contribution in [1.82, 2.24) is 9.97 Å². The molecule has 3 rings (SSSR count). The van der Waals surface area contributed by atoms with Crippen LogP contribution >= 0.6 is 0 Å². The van der Waals surface area contributed by atoms with Crippen LogP contribution in [-0.4, -0.2) is 17.1 Å². The lowest BCUT2D eigenvalue weighted by Gasteiger charge is -2.05. The summed E-state index contributed by atoms with van der Waals surface area (Å²) in [5.41, 5.74) is -0.686. The summed E-state index contributed by atoms with van der Waals surface area (Å²) in [5.74, 6) is -9.25. The Morgan fingerprint density at radius 2 is 1.42 bits per heavy atom. The summed E-state index contributed by atoms with van der Waals surface area (Å²) in [5, 5.41) is 0. The lowest BCUT2D eigenvalue weighted by Crippen LogP contribution is -2.04. The summed E-state index contributed by atoms with van der Waals surface area (Å²) in [6, 6.07) is 7.01. The first kappa shape index (κ1) is 17.7. The fraction of sp³-hybridized carbons (Fsp3) is 0.0556. The highest BCUT2D eigenvalue weighted by atomic mass is 19.2. The minimum Gasteiger partial charge on any atom is -0.497 e. The summed E-state index contributed by atoms with van der Waals surface area (Å²) < 4.78 is 72.4. The summed E-state index contributed by atoms with van der Waals surface area (Å²) in [6.07, 6.45) is 4.21. The van der Waals surface area contributed by atoms with Gasteiger partial charge in [-0.05, 0) is 23.8 Å². The van der Waals surface area contributed by atoms with Crippen LogP contribution in [0.5, 0.6) is 5.75 Å². The molecule has 0 aliphatic heterocycles. The van der Waals surface area contributed by atoms with Crippen LogP contribution in [-0.2, 0) is 0 Å². The van der Waals surface area contributed by atoms with E-state index in [9.17, 15) is 22.0 Å². The van der Waals surface area contributed by atoms with Crippen molar-refractivity contribution in [2.45, 2.75) is 0 Å². The molecule has 26 heavy (non-hydrogen) atoms. The van der Waals surface area contributed by atoms with Crippen molar-refractivity contribution in [3.63, 3.8) is 0 Å². The molecule has 1 N–H and O–H groups in total. The fourth-order valence-corrected chi connectivity index (χ4v) is 2.27. The highest BCUT2D eigenvalue weighted by Gasteiger charge is 2.27. The largest absolute Gasteiger partial charge is 0.497 e. The second-order valence-electron chi connectivity index (χ2n) is 5.22. The number of hydrogen-bond donors (Lipinski definition) is 1. The molecule has 0 spiro atoms. The number of nitrogens with zero attached hydrogens (tertiary/aromatic N) is 1. The number of hydrogen-bond acceptors (Lipinski definition) is 2. The van der Waals surface area contributed by atoms with Crippen LogP contribution in [0.15, 0.2) is 30.5 Å². The molecule has 3 nitrogen and oxygen atoms in total. The first-order chi connectivity index (χ1) is 12.4. The number of ether oxygens (including phenoxy) is 1. The number of nitrogens with one attached hydrogen (secondary N) is 1. The zero-order valence-electron chi connectivity index (χ0n) is 13.3. The van der Waals surface area contributed by atoms with Crippen LogP contribution in [0.25, 0.3) is 23.4 Å². The van der Waals surface area contributed by atoms with Crippen molar-refractivity contribution in [3.05, 3.63) is 70.9 Å². The van der Waals surface area contributed by atoms with Crippen molar-refractivity contribution in [2.24, 2.45) is 0 Å². The van der Waals surface area contributed by atoms with E-state index in [0.29, 0.717) is 5.75 Å². The smallest absolute Gasteiger partial charge is 0.200 e. The average molecular weight is 366 g/mol. The van der Waals surface area contributed by atoms with Gasteiger partial charge in [0.15, 0.2) is 23.3 Å². The predicted molar refractivity (Wildman–Crippen MR) is 85.7 cm³/mol. The maximum atomic E-state index is 13.8. The summed E-state index contributed by atoms with van der Waals surface area (Å²) in [6.45, 7) is 0. The molecule has 0 bridgehead atoms. The van der Waals surface area contributed by atoms with Crippen LogP contribution in [0.4, 0.5) is 22.0 Å². The number of imidazole rings is 1. The monoisotopic (exact) mass is 366 g/mol. The van der Waals surface area contributed by atoms with Gasteiger partial charge in [0.05, 0.1) is 18.4 Å². The molecule has 0 saturated heterocycles. The van der Waals surface area contributed by atoms with E-state index in [1.54, 1.807) is 30.3 Å². The van der Waals surface area contributed by atoms with Crippen LogP contribution < -0.4 is 4.74 Å². The van der Waals surface area contributed by atoms with E-state index in [2.05, 4.69) is 9.97 Å². The zero-order valence-corrected chi connectivity index (χ0v) is 13.3. The third-order valence-corrected chi connectivity index (χ3v) is 3.61. The first-order valence-corrected chi connectivity index (χ1v) is 7.31. The highest BCUT2D eigenvalue weighted by molar-refractivity contribution is 5.69. The van der Waals surface area contributed by atoms with Gasteiger partial charge in [-0.15, -0.1) is 0 Å². The van der Waals surface area contributed by atoms with E-state index in [-0.39, 0.29) is 5.82 Å². The molecule has 1 aromatic heterocycles. The van der Waals surface area contributed by atoms with Crippen LogP contribution in [0.3, 0.4) is 0 Å². The number of rotatable bonds is 4. The maximum absolute atomic E-state index is 13.8. The predicted octanol–water partition coefficient (Wildman–Crippen LogP) is 4.95. The SMILES string of the molecule is COc1ccc(C=Cc2nc(-c3c(F)c(F)c(F)c(F)c3F)c[nH]2)cc1. The number of aromatic nitrogens is 2. The molecule has 8 heteroatoms. The molecule has 134 valence electrons. The van der Waals surface area contributed by atoms with Gasteiger partial charge < -0.3 is 9.72 Å². The Balaban J connectivity index is 1.92. The van der Waals surface area contributed by atoms with Crippen molar-refractivity contribution in [3.8, 4) is 17.0 Å². The van der Waals surface area contributed by atoms with Gasteiger partial charge in [0.25, 0.3) is 0 Å². The molecule has 0 aliphatic rings. The van der Waals surface area contributed by atoms with Gasteiger partial charge in [0, 0.05) is 6.20 Å². The third kappa shape index (κ3) is 3.17. The van der Waals surface area contributed by atoms with Gasteiger partial charge in [-0.25, -0.2) is 26.9 Å². The summed E-state index contributed by atoms with van der Waals surface area (Å²) >= 11 is 0. The Kier molecular flexibility index (Phi) is 4.75. The van der Waals surface area contributed by atoms with E-state index in [1.165, 1.54) is 13.2 Å². The Hall–Kier alpha value is -3.16. The van der Waals surface area contributed by atoms with E-state index in [0.717, 1.165) is 11.8 Å². The number of benzene rings is 2. The molecular formula is C18H11F5N2O. The number of H-pyrrole nitrogens is 1. The van der Waals surface area contributed by atoms with Gasteiger partial charge in [-0.3, -0.25) is 0 Å². The Morgan fingerprint density at radius 3 is 2.00 bits per heavy atom. The lowest BCUT2D eigenvalue weighted by molar-refractivity contribution is 0.381. The topological polar surface area (TPSA) is 37.9 Å². The van der Waals surface area contributed by atoms with E-state index >= 15 is 0 Å². The molecule has 0 amide bonds. The van der Waals surface area contributed by atoms with Gasteiger partial charge in [0.2, 0.25) is 5.82 Å². The van der Waals surface area contributed by atoms with Crippen molar-refractivity contribution in [1.29, 1.82) is 0 Å². The Bertz CT molecular complexity index is 951. The van der Waals surface area contributed by atoms with Crippen LogP contribution in [0.1, 0.15) is 11.4 Å². The molecule has 0 saturated carbocycles. The Labute approximate surface area is 144 Å². The first-order valence-electron chi connectivity index (χ1n) is 7.31. The molecule has 2 aromatic carbocycles. The zero-order chi connectivity index (χ0) is 18.8. The van der Waals surface area contributed by atoms with Gasteiger partial charge in [-0.2, -0.15) is 0 Å². The van der Waals surface area contributed by atoms with Gasteiger partial charge >= 0.3 is 0 Å². The van der Waals surface area contributed by atoms with E-state index in [1.807, 2.05) is 0 Å². The van der Waals surface area contributed by atoms with Gasteiger partial charge in [0.1, 0.15) is 11.6 Å². The number of aromatic amines is 1. The fourth-order valence-electron chi connectivity index (χ4n) is 2.27. The molecule has 3 aromatic rings. The minimum absolute atomic E-state index is 0.180. The maximum Gasteiger partial charge on any atom is 0.200 e. The molecule has 1 heterocycles. The summed E-state index contributed by atoms with van der Waals surface area (Å²) in [7, 11) is 1.54. The molecule has 0 radical (unpaired) electrons. The van der Waals surface area contributed by atoms with Crippen LogP contribution in [0.2, 0.25) is 0 Å². The van der Waals surface area contributed by atoms with Gasteiger partial charge in [-0.1, -0.05) is 18.2 Å². The minimum atomic E-state index is -2.21. The highest BCUT2D eigenvalue weighted by Crippen LogP contribution is 2.30. The molecular weight excluding hydrogens is 355 g/mol. The quantitative estimate of drug-likeness (QED) is 0.403. The standard InChI is InChI=1S/C18H11F5N2O/c1-26-10-5-2-9(3-6-10)4-7-12-24-8-11(25-12)13-14(19)16(21)18(23)17(22)15(13)20/h2-8H,1H3,(H,24,25). The third-order valence-electron chi connectivity index (χ3n) is 3.61. The summed E-state index contributed by atoms with van der Waals surface area (Å²) in [4.78, 5) is 6.47. The number of halogens is 5. The average Bonchev–Trinajstić information content (AvgIpc) is 3.12. The van der Waals surface area contributed by atoms with Crippen LogP contribution in [0, 0.1) is 29.1 Å². The van der Waals surface area contributed by atoms with Crippen molar-refractivity contribution < 1.29 is 26.7 Å². The molecule has 0 atom stereocenters. The second-order valence-corrected chi connectivity index (χ2v) is 5.22. The lowest BCUT2D eigenvalue weighted by atomic mass is 10.1. The molecule has 0 fully saturated rings.